The third-order valence-electron chi connectivity index (χ3n) is 4.60. The molecule has 18 heavy (non-hydrogen) atoms. The first-order valence-corrected chi connectivity index (χ1v) is 7.29. The summed E-state index contributed by atoms with van der Waals surface area (Å²) < 4.78 is 0. The summed E-state index contributed by atoms with van der Waals surface area (Å²) in [7, 11) is 2.30. The zero-order chi connectivity index (χ0) is 12.4. The molecule has 0 fully saturated rings. The van der Waals surface area contributed by atoms with E-state index in [1.165, 1.54) is 50.6 Å². The summed E-state index contributed by atoms with van der Waals surface area (Å²) in [6.45, 7) is 1.25. The van der Waals surface area contributed by atoms with E-state index in [0.29, 0.717) is 6.04 Å². The number of rotatable bonds is 2. The van der Waals surface area contributed by atoms with Gasteiger partial charge in [-0.1, -0.05) is 41.5 Å². The minimum Gasteiger partial charge on any atom is -0.299 e. The zero-order valence-corrected chi connectivity index (χ0v) is 11.4. The molecular formula is C17H23N. The number of hydrogen-bond acceptors (Lipinski definition) is 1. The van der Waals surface area contributed by atoms with Crippen LogP contribution >= 0.6 is 0 Å². The van der Waals surface area contributed by atoms with Crippen LogP contribution in [-0.4, -0.2) is 24.5 Å². The molecule has 1 atom stereocenters. The SMILES string of the molecule is CN1CCC2=C(CCCC2)C1Cc1ccccc1. The van der Waals surface area contributed by atoms with Crippen molar-refractivity contribution in [2.75, 3.05) is 13.6 Å². The lowest BCUT2D eigenvalue weighted by molar-refractivity contribution is 0.242. The lowest BCUT2D eigenvalue weighted by atomic mass is 9.81. The van der Waals surface area contributed by atoms with Gasteiger partial charge in [-0.25, -0.2) is 0 Å². The van der Waals surface area contributed by atoms with E-state index in [9.17, 15) is 0 Å². The molecule has 1 nitrogen and oxygen atoms in total. The molecule has 0 bridgehead atoms. The Kier molecular flexibility index (Phi) is 3.51. The number of nitrogens with zero attached hydrogens (tertiary/aromatic N) is 1. The molecule has 1 aliphatic heterocycles. The summed E-state index contributed by atoms with van der Waals surface area (Å²) in [6.07, 6.45) is 8.04. The Balaban J connectivity index is 1.84. The molecule has 0 spiro atoms. The van der Waals surface area contributed by atoms with Gasteiger partial charge in [0.15, 0.2) is 0 Å². The maximum atomic E-state index is 2.57. The lowest BCUT2D eigenvalue weighted by Crippen LogP contribution is -2.40. The number of hydrogen-bond donors (Lipinski definition) is 0. The van der Waals surface area contributed by atoms with Gasteiger partial charge >= 0.3 is 0 Å². The van der Waals surface area contributed by atoms with Gasteiger partial charge in [0, 0.05) is 12.6 Å². The highest BCUT2D eigenvalue weighted by Gasteiger charge is 2.28. The average molecular weight is 241 g/mol. The highest BCUT2D eigenvalue weighted by molar-refractivity contribution is 5.28. The minimum atomic E-state index is 0.663. The molecule has 1 heteroatoms. The van der Waals surface area contributed by atoms with Crippen molar-refractivity contribution in [3.63, 3.8) is 0 Å². The molecule has 0 aromatic heterocycles. The molecule has 0 saturated heterocycles. The maximum absolute atomic E-state index is 2.57. The van der Waals surface area contributed by atoms with Gasteiger partial charge in [-0.15, -0.1) is 0 Å². The Hall–Kier alpha value is -1.08. The summed E-state index contributed by atoms with van der Waals surface area (Å²) >= 11 is 0. The van der Waals surface area contributed by atoms with Crippen molar-refractivity contribution in [3.05, 3.63) is 47.0 Å². The first-order valence-electron chi connectivity index (χ1n) is 7.29. The van der Waals surface area contributed by atoms with Crippen LogP contribution in [0.4, 0.5) is 0 Å². The predicted molar refractivity (Wildman–Crippen MR) is 76.7 cm³/mol. The monoisotopic (exact) mass is 241 g/mol. The Morgan fingerprint density at radius 3 is 2.67 bits per heavy atom. The van der Waals surface area contributed by atoms with Crippen LogP contribution in [0.3, 0.4) is 0 Å². The van der Waals surface area contributed by atoms with Gasteiger partial charge in [-0.05, 0) is 51.1 Å². The van der Waals surface area contributed by atoms with Crippen LogP contribution in [-0.2, 0) is 6.42 Å². The fourth-order valence-corrected chi connectivity index (χ4v) is 3.53. The van der Waals surface area contributed by atoms with Crippen molar-refractivity contribution in [1.82, 2.24) is 4.90 Å². The highest BCUT2D eigenvalue weighted by atomic mass is 15.1. The molecule has 1 aromatic carbocycles. The number of likely N-dealkylation sites (N-methyl/N-ethyl adjacent to an activating group) is 1. The summed E-state index contributed by atoms with van der Waals surface area (Å²) in [6, 6.07) is 11.6. The smallest absolute Gasteiger partial charge is 0.0347 e. The summed E-state index contributed by atoms with van der Waals surface area (Å²) in [5.74, 6) is 0. The lowest BCUT2D eigenvalue weighted by Gasteiger charge is -2.39. The molecule has 1 heterocycles. The second-order valence-electron chi connectivity index (χ2n) is 5.77. The van der Waals surface area contributed by atoms with Gasteiger partial charge < -0.3 is 0 Å². The van der Waals surface area contributed by atoms with Crippen molar-refractivity contribution in [2.45, 2.75) is 44.6 Å². The molecule has 2 aliphatic rings. The van der Waals surface area contributed by atoms with E-state index in [1.54, 1.807) is 11.1 Å². The fourth-order valence-electron chi connectivity index (χ4n) is 3.53. The third kappa shape index (κ3) is 2.37. The zero-order valence-electron chi connectivity index (χ0n) is 11.4. The van der Waals surface area contributed by atoms with Crippen LogP contribution < -0.4 is 0 Å². The molecule has 1 unspecified atom stereocenters. The molecular weight excluding hydrogens is 218 g/mol. The molecule has 0 N–H and O–H groups in total. The summed E-state index contributed by atoms with van der Waals surface area (Å²) in [5.41, 5.74) is 5.05. The quantitative estimate of drug-likeness (QED) is 0.712. The van der Waals surface area contributed by atoms with Crippen molar-refractivity contribution in [2.24, 2.45) is 0 Å². The molecule has 0 saturated carbocycles. The standard InChI is InChI=1S/C17H23N/c1-18-12-11-15-9-5-6-10-16(15)17(18)13-14-7-3-2-4-8-14/h2-4,7-8,17H,5-6,9-13H2,1H3. The fraction of sp³-hybridized carbons (Fsp3) is 0.529. The third-order valence-corrected chi connectivity index (χ3v) is 4.60. The average Bonchev–Trinajstić information content (AvgIpc) is 2.43. The van der Waals surface area contributed by atoms with E-state index < -0.39 is 0 Å². The minimum absolute atomic E-state index is 0.663. The van der Waals surface area contributed by atoms with Gasteiger partial charge in [-0.2, -0.15) is 0 Å². The summed E-state index contributed by atoms with van der Waals surface area (Å²) in [5, 5.41) is 0. The van der Waals surface area contributed by atoms with Crippen LogP contribution in [0.15, 0.2) is 41.5 Å². The Morgan fingerprint density at radius 2 is 1.83 bits per heavy atom. The van der Waals surface area contributed by atoms with E-state index in [4.69, 9.17) is 0 Å². The predicted octanol–water partition coefficient (Wildman–Crippen LogP) is 3.80. The molecule has 0 radical (unpaired) electrons. The summed E-state index contributed by atoms with van der Waals surface area (Å²) in [4.78, 5) is 2.57. The van der Waals surface area contributed by atoms with E-state index in [-0.39, 0.29) is 0 Å². The molecule has 0 amide bonds. The molecule has 1 aliphatic carbocycles. The normalized spacial score (nSPS) is 25.1. The van der Waals surface area contributed by atoms with Gasteiger partial charge in [0.1, 0.15) is 0 Å². The molecule has 1 aromatic rings. The Morgan fingerprint density at radius 1 is 1.06 bits per heavy atom. The first-order chi connectivity index (χ1) is 8.84. The highest BCUT2D eigenvalue weighted by Crippen LogP contribution is 2.35. The van der Waals surface area contributed by atoms with Crippen molar-refractivity contribution in [3.8, 4) is 0 Å². The van der Waals surface area contributed by atoms with E-state index >= 15 is 0 Å². The van der Waals surface area contributed by atoms with Crippen LogP contribution in [0.1, 0.15) is 37.7 Å². The topological polar surface area (TPSA) is 3.24 Å². The molecule has 96 valence electrons. The Labute approximate surface area is 111 Å². The van der Waals surface area contributed by atoms with Crippen molar-refractivity contribution < 1.29 is 0 Å². The van der Waals surface area contributed by atoms with Crippen molar-refractivity contribution >= 4 is 0 Å². The maximum Gasteiger partial charge on any atom is 0.0347 e. The van der Waals surface area contributed by atoms with E-state index in [1.807, 2.05) is 0 Å². The number of benzene rings is 1. The van der Waals surface area contributed by atoms with Crippen LogP contribution in [0, 0.1) is 0 Å². The van der Waals surface area contributed by atoms with Crippen molar-refractivity contribution in [1.29, 1.82) is 0 Å². The second-order valence-corrected chi connectivity index (χ2v) is 5.77. The van der Waals surface area contributed by atoms with E-state index in [2.05, 4.69) is 42.3 Å². The van der Waals surface area contributed by atoms with Crippen LogP contribution in [0.5, 0.6) is 0 Å². The van der Waals surface area contributed by atoms with Gasteiger partial charge in [0.2, 0.25) is 0 Å². The first kappa shape index (κ1) is 12.0. The van der Waals surface area contributed by atoms with E-state index in [0.717, 1.165) is 0 Å². The molecule has 3 rings (SSSR count). The van der Waals surface area contributed by atoms with Gasteiger partial charge in [-0.3, -0.25) is 4.90 Å². The van der Waals surface area contributed by atoms with Crippen LogP contribution in [0.2, 0.25) is 0 Å². The Bertz CT molecular complexity index is 432. The second kappa shape index (κ2) is 5.27. The largest absolute Gasteiger partial charge is 0.299 e. The van der Waals surface area contributed by atoms with Gasteiger partial charge in [0.05, 0.1) is 0 Å². The van der Waals surface area contributed by atoms with Crippen LogP contribution in [0.25, 0.3) is 0 Å². The van der Waals surface area contributed by atoms with Gasteiger partial charge in [0.25, 0.3) is 0 Å².